The first-order valence-corrected chi connectivity index (χ1v) is 10.9. The molecule has 0 bridgehead atoms. The van der Waals surface area contributed by atoms with Crippen LogP contribution in [0.4, 0.5) is 0 Å². The standard InChI is InChI=1S/C25H20Cl2N4O2/c1-16(18-4-10-21(27)11-5-18)28-31-25(32)24-14-23(29-30-24)19-6-12-22(13-7-19)33-15-17-2-8-20(26)9-3-17/h2-14H,15H2,1H3,(H,29,30)(H,31,32)/b28-16-. The van der Waals surface area contributed by atoms with Gasteiger partial charge in [-0.15, -0.1) is 0 Å². The van der Waals surface area contributed by atoms with E-state index in [1.165, 1.54) is 0 Å². The number of nitrogens with one attached hydrogen (secondary N) is 2. The summed E-state index contributed by atoms with van der Waals surface area (Å²) < 4.78 is 5.81. The first kappa shape index (κ1) is 22.6. The van der Waals surface area contributed by atoms with Gasteiger partial charge < -0.3 is 4.74 Å². The average Bonchev–Trinajstić information content (AvgIpc) is 3.33. The molecule has 4 rings (SSSR count). The number of carbonyl (C=O) groups is 1. The van der Waals surface area contributed by atoms with Gasteiger partial charge >= 0.3 is 0 Å². The molecule has 1 aromatic heterocycles. The fourth-order valence-electron chi connectivity index (χ4n) is 3.01. The van der Waals surface area contributed by atoms with Crippen molar-refractivity contribution in [2.75, 3.05) is 0 Å². The van der Waals surface area contributed by atoms with Gasteiger partial charge in [0, 0.05) is 15.6 Å². The van der Waals surface area contributed by atoms with E-state index in [9.17, 15) is 4.79 Å². The van der Waals surface area contributed by atoms with Crippen molar-refractivity contribution in [3.05, 3.63) is 106 Å². The summed E-state index contributed by atoms with van der Waals surface area (Å²) >= 11 is 11.8. The van der Waals surface area contributed by atoms with Gasteiger partial charge in [0.05, 0.1) is 11.4 Å². The number of hydrogen-bond acceptors (Lipinski definition) is 4. The zero-order valence-corrected chi connectivity index (χ0v) is 19.2. The molecule has 166 valence electrons. The van der Waals surface area contributed by atoms with Crippen molar-refractivity contribution in [2.45, 2.75) is 13.5 Å². The van der Waals surface area contributed by atoms with E-state index in [4.69, 9.17) is 27.9 Å². The van der Waals surface area contributed by atoms with E-state index in [2.05, 4.69) is 20.7 Å². The Balaban J connectivity index is 1.36. The van der Waals surface area contributed by atoms with Gasteiger partial charge in [-0.2, -0.15) is 10.2 Å². The van der Waals surface area contributed by atoms with Crippen molar-refractivity contribution in [2.24, 2.45) is 5.10 Å². The summed E-state index contributed by atoms with van der Waals surface area (Å²) in [6, 6.07) is 23.9. The Kier molecular flexibility index (Phi) is 7.07. The Hall–Kier alpha value is -3.61. The Morgan fingerprint density at radius 2 is 1.61 bits per heavy atom. The van der Waals surface area contributed by atoms with E-state index in [0.29, 0.717) is 33.8 Å². The topological polar surface area (TPSA) is 79.4 Å². The van der Waals surface area contributed by atoms with Gasteiger partial charge in [0.25, 0.3) is 5.91 Å². The number of hydrazone groups is 1. The lowest BCUT2D eigenvalue weighted by Gasteiger charge is -2.07. The zero-order valence-electron chi connectivity index (χ0n) is 17.7. The molecule has 8 heteroatoms. The van der Waals surface area contributed by atoms with Crippen LogP contribution in [0.3, 0.4) is 0 Å². The number of hydrogen-bond donors (Lipinski definition) is 2. The average molecular weight is 479 g/mol. The predicted octanol–water partition coefficient (Wildman–Crippen LogP) is 6.12. The van der Waals surface area contributed by atoms with E-state index in [-0.39, 0.29) is 5.91 Å². The zero-order chi connectivity index (χ0) is 23.2. The van der Waals surface area contributed by atoms with E-state index in [1.54, 1.807) is 25.1 Å². The number of halogens is 2. The van der Waals surface area contributed by atoms with E-state index in [1.807, 2.05) is 60.7 Å². The van der Waals surface area contributed by atoms with Gasteiger partial charge in [-0.25, -0.2) is 5.43 Å². The van der Waals surface area contributed by atoms with Crippen LogP contribution in [0.15, 0.2) is 84.0 Å². The van der Waals surface area contributed by atoms with Crippen LogP contribution in [0, 0.1) is 0 Å². The van der Waals surface area contributed by atoms with Crippen LogP contribution < -0.4 is 10.2 Å². The molecule has 0 aliphatic carbocycles. The molecular formula is C25H20Cl2N4O2. The van der Waals surface area contributed by atoms with Crippen LogP contribution in [0.25, 0.3) is 11.3 Å². The third-order valence-corrected chi connectivity index (χ3v) is 5.38. The summed E-state index contributed by atoms with van der Waals surface area (Å²) in [5.41, 5.74) is 6.89. The number of H-pyrrole nitrogens is 1. The maximum atomic E-state index is 12.4. The van der Waals surface area contributed by atoms with E-state index < -0.39 is 0 Å². The third-order valence-electron chi connectivity index (χ3n) is 4.88. The second kappa shape index (κ2) is 10.3. The molecule has 0 aliphatic rings. The molecule has 0 fully saturated rings. The molecule has 0 saturated heterocycles. The van der Waals surface area contributed by atoms with Crippen LogP contribution in [-0.2, 0) is 6.61 Å². The molecule has 0 aliphatic heterocycles. The Bertz CT molecular complexity index is 1270. The smallest absolute Gasteiger partial charge is 0.289 e. The molecule has 0 unspecified atom stereocenters. The van der Waals surface area contributed by atoms with E-state index in [0.717, 1.165) is 22.4 Å². The van der Waals surface area contributed by atoms with Crippen LogP contribution in [-0.4, -0.2) is 21.8 Å². The van der Waals surface area contributed by atoms with Gasteiger partial charge in [0.1, 0.15) is 18.1 Å². The largest absolute Gasteiger partial charge is 0.489 e. The van der Waals surface area contributed by atoms with Crippen LogP contribution in [0.5, 0.6) is 5.75 Å². The number of aromatic amines is 1. The minimum Gasteiger partial charge on any atom is -0.489 e. The van der Waals surface area contributed by atoms with Crippen molar-refractivity contribution < 1.29 is 9.53 Å². The lowest BCUT2D eigenvalue weighted by Crippen LogP contribution is -2.19. The molecule has 1 heterocycles. The molecule has 0 saturated carbocycles. The SMILES string of the molecule is C/C(=N/NC(=O)c1cc(-c2ccc(OCc3ccc(Cl)cc3)cc2)n[nH]1)c1ccc(Cl)cc1. The number of nitrogens with zero attached hydrogens (tertiary/aromatic N) is 2. The second-order valence-electron chi connectivity index (χ2n) is 7.25. The summed E-state index contributed by atoms with van der Waals surface area (Å²) in [7, 11) is 0. The maximum absolute atomic E-state index is 12.4. The Morgan fingerprint density at radius 3 is 2.27 bits per heavy atom. The molecule has 0 radical (unpaired) electrons. The number of amides is 1. The van der Waals surface area contributed by atoms with Crippen LogP contribution in [0.1, 0.15) is 28.5 Å². The second-order valence-corrected chi connectivity index (χ2v) is 8.12. The summed E-state index contributed by atoms with van der Waals surface area (Å²) in [5.74, 6) is 0.346. The van der Waals surface area contributed by atoms with Gasteiger partial charge in [-0.3, -0.25) is 9.89 Å². The van der Waals surface area contributed by atoms with Gasteiger partial charge in [0.2, 0.25) is 0 Å². The summed E-state index contributed by atoms with van der Waals surface area (Å²) in [4.78, 5) is 12.4. The molecule has 0 spiro atoms. The van der Waals surface area contributed by atoms with E-state index >= 15 is 0 Å². The highest BCUT2D eigenvalue weighted by atomic mass is 35.5. The Labute approximate surface area is 201 Å². The van der Waals surface area contributed by atoms with Crippen LogP contribution >= 0.6 is 23.2 Å². The molecule has 4 aromatic rings. The first-order chi connectivity index (χ1) is 16.0. The highest BCUT2D eigenvalue weighted by Crippen LogP contribution is 2.22. The number of benzene rings is 3. The summed E-state index contributed by atoms with van der Waals surface area (Å²) in [5, 5.41) is 12.5. The number of ether oxygens (including phenoxy) is 1. The van der Waals surface area contributed by atoms with Crippen LogP contribution in [0.2, 0.25) is 10.0 Å². The summed E-state index contributed by atoms with van der Waals surface area (Å²) in [6.07, 6.45) is 0. The molecule has 3 aromatic carbocycles. The number of rotatable bonds is 7. The van der Waals surface area contributed by atoms with Gasteiger partial charge in [-0.1, -0.05) is 47.5 Å². The third kappa shape index (κ3) is 6.00. The Morgan fingerprint density at radius 1 is 0.970 bits per heavy atom. The highest BCUT2D eigenvalue weighted by molar-refractivity contribution is 6.30. The van der Waals surface area contributed by atoms with Crippen molar-refractivity contribution in [3.63, 3.8) is 0 Å². The van der Waals surface area contributed by atoms with Gasteiger partial charge in [-0.05, 0) is 72.6 Å². The molecule has 2 N–H and O–H groups in total. The van der Waals surface area contributed by atoms with Crippen molar-refractivity contribution in [3.8, 4) is 17.0 Å². The molecule has 1 amide bonds. The molecule has 0 atom stereocenters. The molecular weight excluding hydrogens is 459 g/mol. The minimum atomic E-state index is -0.384. The van der Waals surface area contributed by atoms with Crippen molar-refractivity contribution in [1.82, 2.24) is 15.6 Å². The monoisotopic (exact) mass is 478 g/mol. The normalized spacial score (nSPS) is 11.3. The fraction of sp³-hybridized carbons (Fsp3) is 0.0800. The van der Waals surface area contributed by atoms with Crippen molar-refractivity contribution >= 4 is 34.8 Å². The lowest BCUT2D eigenvalue weighted by atomic mass is 10.1. The highest BCUT2D eigenvalue weighted by Gasteiger charge is 2.11. The van der Waals surface area contributed by atoms with Crippen molar-refractivity contribution in [1.29, 1.82) is 0 Å². The quantitative estimate of drug-likeness (QED) is 0.248. The number of carbonyl (C=O) groups excluding carboxylic acids is 1. The summed E-state index contributed by atoms with van der Waals surface area (Å²) in [6.45, 7) is 2.25. The maximum Gasteiger partial charge on any atom is 0.289 e. The molecule has 6 nitrogen and oxygen atoms in total. The molecule has 33 heavy (non-hydrogen) atoms. The first-order valence-electron chi connectivity index (χ1n) is 10.1. The minimum absolute atomic E-state index is 0.306. The predicted molar refractivity (Wildman–Crippen MR) is 131 cm³/mol. The fourth-order valence-corrected chi connectivity index (χ4v) is 3.26. The van der Waals surface area contributed by atoms with Gasteiger partial charge in [0.15, 0.2) is 0 Å². The lowest BCUT2D eigenvalue weighted by molar-refractivity contribution is 0.0950. The number of aromatic nitrogens is 2.